The van der Waals surface area contributed by atoms with Crippen molar-refractivity contribution in [2.75, 3.05) is 5.73 Å². The molecule has 2 aliphatic rings. The van der Waals surface area contributed by atoms with Crippen LogP contribution in [0.3, 0.4) is 0 Å². The van der Waals surface area contributed by atoms with Gasteiger partial charge >= 0.3 is 0 Å². The molecule has 1 aliphatic heterocycles. The second kappa shape index (κ2) is 7.92. The van der Waals surface area contributed by atoms with E-state index in [2.05, 4.69) is 77.4 Å². The Hall–Kier alpha value is -3.76. The second-order valence-electron chi connectivity index (χ2n) is 11.3. The Balaban J connectivity index is 1.66. The maximum absolute atomic E-state index is 11.4. The molecule has 0 saturated heterocycles. The number of nitrogens with two attached hydrogens (primary N) is 1. The molecule has 1 aliphatic carbocycles. The van der Waals surface area contributed by atoms with E-state index < -0.39 is 11.0 Å². The van der Waals surface area contributed by atoms with Gasteiger partial charge in [-0.1, -0.05) is 66.5 Å². The normalized spacial score (nSPS) is 18.1. The number of aliphatic hydroxyl groups is 1. The number of aromatic nitrogens is 1. The van der Waals surface area contributed by atoms with Gasteiger partial charge in [0.1, 0.15) is 0 Å². The van der Waals surface area contributed by atoms with E-state index >= 15 is 0 Å². The Morgan fingerprint density at radius 3 is 2.38 bits per heavy atom. The van der Waals surface area contributed by atoms with Crippen molar-refractivity contribution < 1.29 is 5.11 Å². The lowest BCUT2D eigenvalue weighted by Crippen LogP contribution is -2.34. The number of hydrogen-bond acceptors (Lipinski definition) is 2. The number of benzene rings is 5. The fourth-order valence-electron chi connectivity index (χ4n) is 7.22. The van der Waals surface area contributed by atoms with Crippen molar-refractivity contribution >= 4 is 50.7 Å². The number of fused-ring (bicyclic) bond motifs is 12. The zero-order chi connectivity index (χ0) is 27.6. The van der Waals surface area contributed by atoms with Gasteiger partial charge in [0.15, 0.2) is 0 Å². The molecule has 0 fully saturated rings. The molecule has 0 radical (unpaired) electrons. The third-order valence-electron chi connectivity index (χ3n) is 9.21. The van der Waals surface area contributed by atoms with E-state index in [0.29, 0.717) is 16.5 Å². The number of rotatable bonds is 2. The first-order chi connectivity index (χ1) is 19.3. The summed E-state index contributed by atoms with van der Waals surface area (Å²) in [6.45, 7) is 3.90. The average Bonchev–Trinajstić information content (AvgIpc) is 3.42. The molecule has 2 unspecified atom stereocenters. The summed E-state index contributed by atoms with van der Waals surface area (Å²) in [6, 6.07) is 31.5. The summed E-state index contributed by atoms with van der Waals surface area (Å²) in [5, 5.41) is 14.9. The Morgan fingerprint density at radius 1 is 0.775 bits per heavy atom. The van der Waals surface area contributed by atoms with Gasteiger partial charge in [-0.05, 0) is 107 Å². The largest absolute Gasteiger partial charge is 0.399 e. The molecule has 40 heavy (non-hydrogen) atoms. The van der Waals surface area contributed by atoms with E-state index in [1.807, 2.05) is 32.0 Å². The quantitative estimate of drug-likeness (QED) is 0.207. The minimum atomic E-state index is -0.978. The number of nitrogen functional groups attached to an aromatic ring is 1. The van der Waals surface area contributed by atoms with Crippen molar-refractivity contribution in [3.63, 3.8) is 0 Å². The van der Waals surface area contributed by atoms with Crippen molar-refractivity contribution in [2.45, 2.75) is 31.3 Å². The van der Waals surface area contributed by atoms with Gasteiger partial charge in [-0.3, -0.25) is 0 Å². The van der Waals surface area contributed by atoms with E-state index in [-0.39, 0.29) is 0 Å². The van der Waals surface area contributed by atoms with Crippen LogP contribution < -0.4 is 5.73 Å². The number of hydrogen-bond donors (Lipinski definition) is 2. The first-order valence-electron chi connectivity index (χ1n) is 13.6. The summed E-state index contributed by atoms with van der Waals surface area (Å²) in [4.78, 5) is 0. The molecule has 5 aromatic carbocycles. The Kier molecular flexibility index (Phi) is 4.76. The van der Waals surface area contributed by atoms with E-state index in [1.165, 1.54) is 5.56 Å². The first kappa shape index (κ1) is 24.1. The van der Waals surface area contributed by atoms with E-state index in [4.69, 9.17) is 28.9 Å². The van der Waals surface area contributed by atoms with Crippen LogP contribution in [0.5, 0.6) is 0 Å². The number of anilines is 1. The molecular formula is C35H26Cl2N2O. The van der Waals surface area contributed by atoms with E-state index in [1.54, 1.807) is 0 Å². The van der Waals surface area contributed by atoms with Crippen molar-refractivity contribution in [3.8, 4) is 16.8 Å². The van der Waals surface area contributed by atoms with Gasteiger partial charge in [-0.25, -0.2) is 0 Å². The van der Waals surface area contributed by atoms with E-state index in [9.17, 15) is 5.11 Å². The van der Waals surface area contributed by atoms with Crippen LogP contribution in [0.1, 0.15) is 48.1 Å². The smallest absolute Gasteiger partial charge is 0.0866 e. The van der Waals surface area contributed by atoms with Crippen LogP contribution in [0.4, 0.5) is 5.69 Å². The zero-order valence-electron chi connectivity index (χ0n) is 22.1. The lowest BCUT2D eigenvalue weighted by atomic mass is 9.64. The maximum atomic E-state index is 11.4. The van der Waals surface area contributed by atoms with Crippen LogP contribution in [0, 0.1) is 0 Å². The minimum Gasteiger partial charge on any atom is -0.399 e. The SMILES string of the molecule is CCC(C)(O)c1ccc2c(c1)C1(c3ccccc3-c3cc(N)ccc31)c1cc(Cl)cc3c4cc(Cl)ccc4n-2c13. The molecule has 0 bridgehead atoms. The summed E-state index contributed by atoms with van der Waals surface area (Å²) in [6.07, 6.45) is 0.597. The fourth-order valence-corrected chi connectivity index (χ4v) is 7.61. The van der Waals surface area contributed by atoms with Crippen LogP contribution in [0.25, 0.3) is 38.6 Å². The topological polar surface area (TPSA) is 51.2 Å². The molecule has 6 aromatic rings. The van der Waals surface area contributed by atoms with Crippen LogP contribution in [0.15, 0.2) is 91.0 Å². The summed E-state index contributed by atoms with van der Waals surface area (Å²) in [7, 11) is 0. The standard InChI is InChI=1S/C35H26Cl2N2O/c1-3-34(2,40)19-8-12-32-29(14-19)35(27-7-5-4-6-23(27)24-18-22(38)10-11-28(24)35)30-17-21(37)16-26-25-15-20(36)9-13-31(25)39(32)33(26)30/h4-18,40H,3,38H2,1-2H3. The minimum absolute atomic E-state index is 0.597. The Bertz CT molecular complexity index is 2070. The van der Waals surface area contributed by atoms with Gasteiger partial charge < -0.3 is 15.4 Å². The van der Waals surface area contributed by atoms with Gasteiger partial charge in [0.2, 0.25) is 0 Å². The molecular weight excluding hydrogens is 535 g/mol. The second-order valence-corrected chi connectivity index (χ2v) is 12.2. The molecule has 8 rings (SSSR count). The fraction of sp³-hybridized carbons (Fsp3) is 0.143. The highest BCUT2D eigenvalue weighted by atomic mass is 35.5. The third kappa shape index (κ3) is 2.85. The lowest BCUT2D eigenvalue weighted by Gasteiger charge is -2.40. The van der Waals surface area contributed by atoms with Crippen LogP contribution in [-0.2, 0) is 11.0 Å². The van der Waals surface area contributed by atoms with Gasteiger partial charge in [0, 0.05) is 26.5 Å². The van der Waals surface area contributed by atoms with E-state index in [0.717, 1.165) is 66.6 Å². The van der Waals surface area contributed by atoms with Crippen molar-refractivity contribution in [2.24, 2.45) is 0 Å². The summed E-state index contributed by atoms with van der Waals surface area (Å²) < 4.78 is 2.34. The number of nitrogens with zero attached hydrogens (tertiary/aromatic N) is 1. The molecule has 196 valence electrons. The molecule has 2 heterocycles. The molecule has 0 saturated carbocycles. The number of halogens is 2. The summed E-state index contributed by atoms with van der Waals surface area (Å²) in [5.74, 6) is 0. The van der Waals surface area contributed by atoms with Crippen LogP contribution in [-0.4, -0.2) is 9.67 Å². The molecule has 3 N–H and O–H groups in total. The predicted octanol–water partition coefficient (Wildman–Crippen LogP) is 8.97. The average molecular weight is 562 g/mol. The van der Waals surface area contributed by atoms with Crippen molar-refractivity contribution in [3.05, 3.63) is 129 Å². The van der Waals surface area contributed by atoms with Crippen molar-refractivity contribution in [1.82, 2.24) is 4.57 Å². The van der Waals surface area contributed by atoms with Crippen LogP contribution >= 0.6 is 23.2 Å². The van der Waals surface area contributed by atoms with Gasteiger partial charge in [0.25, 0.3) is 0 Å². The van der Waals surface area contributed by atoms with Gasteiger partial charge in [-0.15, -0.1) is 0 Å². The highest BCUT2D eigenvalue weighted by Gasteiger charge is 2.51. The first-order valence-corrected chi connectivity index (χ1v) is 14.3. The molecule has 0 amide bonds. The molecule has 1 spiro atoms. The third-order valence-corrected chi connectivity index (χ3v) is 9.67. The molecule has 1 aromatic heterocycles. The van der Waals surface area contributed by atoms with Crippen molar-refractivity contribution in [1.29, 1.82) is 0 Å². The van der Waals surface area contributed by atoms with Crippen LogP contribution in [0.2, 0.25) is 10.0 Å². The summed E-state index contributed by atoms with van der Waals surface area (Å²) in [5.41, 5.74) is 16.4. The molecule has 5 heteroatoms. The summed E-state index contributed by atoms with van der Waals surface area (Å²) >= 11 is 13.5. The Labute approximate surface area is 242 Å². The van der Waals surface area contributed by atoms with Gasteiger partial charge in [0.05, 0.1) is 27.7 Å². The monoisotopic (exact) mass is 560 g/mol. The predicted molar refractivity (Wildman–Crippen MR) is 166 cm³/mol. The lowest BCUT2D eigenvalue weighted by molar-refractivity contribution is 0.0530. The zero-order valence-corrected chi connectivity index (χ0v) is 23.6. The highest BCUT2D eigenvalue weighted by molar-refractivity contribution is 6.33. The molecule has 2 atom stereocenters. The molecule has 3 nitrogen and oxygen atoms in total. The Morgan fingerprint density at radius 2 is 1.55 bits per heavy atom. The maximum Gasteiger partial charge on any atom is 0.0866 e. The highest BCUT2D eigenvalue weighted by Crippen LogP contribution is 2.62. The van der Waals surface area contributed by atoms with Gasteiger partial charge in [-0.2, -0.15) is 0 Å².